The van der Waals surface area contributed by atoms with Crippen molar-refractivity contribution in [3.63, 3.8) is 0 Å². The molecular formula is C13H13BrF3N3. The molecule has 0 aliphatic heterocycles. The summed E-state index contributed by atoms with van der Waals surface area (Å²) in [5.74, 6) is 0.471. The minimum Gasteiger partial charge on any atom is -0.384 e. The molecule has 1 aromatic carbocycles. The van der Waals surface area contributed by atoms with E-state index >= 15 is 0 Å². The van der Waals surface area contributed by atoms with E-state index in [-0.39, 0.29) is 4.47 Å². The van der Waals surface area contributed by atoms with Gasteiger partial charge in [-0.3, -0.25) is 4.68 Å². The molecule has 0 aliphatic carbocycles. The fourth-order valence-electron chi connectivity index (χ4n) is 2.05. The van der Waals surface area contributed by atoms with Crippen LogP contribution in [0, 0.1) is 0 Å². The fraction of sp³-hybridized carbons (Fsp3) is 0.308. The lowest BCUT2D eigenvalue weighted by molar-refractivity contribution is -0.138. The highest BCUT2D eigenvalue weighted by Gasteiger charge is 2.33. The Morgan fingerprint density at radius 1 is 1.35 bits per heavy atom. The molecular weight excluding hydrogens is 335 g/mol. The van der Waals surface area contributed by atoms with Crippen LogP contribution in [0.4, 0.5) is 19.0 Å². The molecule has 0 saturated carbocycles. The standard InChI is InChI=1S/C13H13BrF3N3/c1-3-8-11(19-20(2)12(8)18)7-4-5-10(14)9(6-7)13(15,16)17/h4-6H,3,18H2,1-2H3. The van der Waals surface area contributed by atoms with Gasteiger partial charge in [-0.1, -0.05) is 28.9 Å². The number of hydrogen-bond acceptors (Lipinski definition) is 2. The van der Waals surface area contributed by atoms with E-state index in [0.717, 1.165) is 11.6 Å². The Labute approximate surface area is 122 Å². The molecule has 2 N–H and O–H groups in total. The Morgan fingerprint density at radius 2 is 2.00 bits per heavy atom. The summed E-state index contributed by atoms with van der Waals surface area (Å²) < 4.78 is 40.3. The zero-order valence-electron chi connectivity index (χ0n) is 10.9. The number of benzene rings is 1. The SMILES string of the molecule is CCc1c(-c2ccc(Br)c(C(F)(F)F)c2)nn(C)c1N. The molecule has 0 unspecified atom stereocenters. The molecule has 1 aromatic heterocycles. The molecule has 0 atom stereocenters. The minimum atomic E-state index is -4.42. The number of alkyl halides is 3. The van der Waals surface area contributed by atoms with Crippen LogP contribution in [0.25, 0.3) is 11.3 Å². The molecule has 0 saturated heterocycles. The van der Waals surface area contributed by atoms with Gasteiger partial charge < -0.3 is 5.73 Å². The average molecular weight is 348 g/mol. The maximum absolute atomic E-state index is 12.9. The van der Waals surface area contributed by atoms with Gasteiger partial charge in [0, 0.05) is 22.6 Å². The van der Waals surface area contributed by atoms with Crippen molar-refractivity contribution in [2.75, 3.05) is 5.73 Å². The van der Waals surface area contributed by atoms with E-state index in [1.807, 2.05) is 6.92 Å². The summed E-state index contributed by atoms with van der Waals surface area (Å²) in [6, 6.07) is 4.06. The number of halogens is 4. The van der Waals surface area contributed by atoms with Crippen molar-refractivity contribution in [3.05, 3.63) is 33.8 Å². The number of nitrogen functional groups attached to an aromatic ring is 1. The second kappa shape index (κ2) is 5.12. The molecule has 0 aliphatic rings. The van der Waals surface area contributed by atoms with E-state index in [2.05, 4.69) is 21.0 Å². The van der Waals surface area contributed by atoms with Crippen LogP contribution in [0.5, 0.6) is 0 Å². The molecule has 0 radical (unpaired) electrons. The number of aryl methyl sites for hydroxylation is 1. The molecule has 1 heterocycles. The predicted molar refractivity (Wildman–Crippen MR) is 75.1 cm³/mol. The smallest absolute Gasteiger partial charge is 0.384 e. The number of anilines is 1. The second-order valence-electron chi connectivity index (χ2n) is 4.38. The quantitative estimate of drug-likeness (QED) is 0.891. The monoisotopic (exact) mass is 347 g/mol. The van der Waals surface area contributed by atoms with Crippen LogP contribution in [0.15, 0.2) is 22.7 Å². The van der Waals surface area contributed by atoms with Gasteiger partial charge in [-0.15, -0.1) is 0 Å². The van der Waals surface area contributed by atoms with Crippen molar-refractivity contribution >= 4 is 21.7 Å². The molecule has 20 heavy (non-hydrogen) atoms. The maximum Gasteiger partial charge on any atom is 0.417 e. The molecule has 108 valence electrons. The van der Waals surface area contributed by atoms with Gasteiger partial charge in [0.1, 0.15) is 5.82 Å². The Morgan fingerprint density at radius 3 is 2.55 bits per heavy atom. The highest BCUT2D eigenvalue weighted by atomic mass is 79.9. The number of rotatable bonds is 2. The predicted octanol–water partition coefficient (Wildman–Crippen LogP) is 4.01. The topological polar surface area (TPSA) is 43.8 Å². The summed E-state index contributed by atoms with van der Waals surface area (Å²) >= 11 is 2.92. The Kier molecular flexibility index (Phi) is 3.82. The molecule has 0 bridgehead atoms. The lowest BCUT2D eigenvalue weighted by Gasteiger charge is -2.10. The van der Waals surface area contributed by atoms with E-state index in [4.69, 9.17) is 5.73 Å². The van der Waals surface area contributed by atoms with Gasteiger partial charge in [0.25, 0.3) is 0 Å². The first kappa shape index (κ1) is 14.9. The number of nitrogens with two attached hydrogens (primary N) is 1. The van der Waals surface area contributed by atoms with Gasteiger partial charge in [0.2, 0.25) is 0 Å². The number of nitrogens with zero attached hydrogens (tertiary/aromatic N) is 2. The molecule has 0 amide bonds. The molecule has 2 rings (SSSR count). The zero-order valence-corrected chi connectivity index (χ0v) is 12.5. The van der Waals surface area contributed by atoms with Crippen LogP contribution < -0.4 is 5.73 Å². The lowest BCUT2D eigenvalue weighted by Crippen LogP contribution is -2.06. The highest BCUT2D eigenvalue weighted by molar-refractivity contribution is 9.10. The van der Waals surface area contributed by atoms with Crippen molar-refractivity contribution < 1.29 is 13.2 Å². The molecule has 3 nitrogen and oxygen atoms in total. The van der Waals surface area contributed by atoms with Crippen molar-refractivity contribution in [2.45, 2.75) is 19.5 Å². The van der Waals surface area contributed by atoms with Crippen LogP contribution in [-0.2, 0) is 19.6 Å². The summed E-state index contributed by atoms with van der Waals surface area (Å²) in [4.78, 5) is 0. The molecule has 0 spiro atoms. The van der Waals surface area contributed by atoms with Gasteiger partial charge >= 0.3 is 6.18 Å². The number of hydrogen-bond donors (Lipinski definition) is 1. The summed E-state index contributed by atoms with van der Waals surface area (Å²) in [6.45, 7) is 1.89. The third kappa shape index (κ3) is 2.54. The third-order valence-electron chi connectivity index (χ3n) is 3.09. The first-order valence-corrected chi connectivity index (χ1v) is 6.73. The van der Waals surface area contributed by atoms with E-state index < -0.39 is 11.7 Å². The molecule has 0 fully saturated rings. The van der Waals surface area contributed by atoms with Crippen molar-refractivity contribution in [1.29, 1.82) is 0 Å². The van der Waals surface area contributed by atoms with Gasteiger partial charge in [-0.25, -0.2) is 0 Å². The normalized spacial score (nSPS) is 11.9. The van der Waals surface area contributed by atoms with Gasteiger partial charge in [-0.2, -0.15) is 18.3 Å². The maximum atomic E-state index is 12.9. The number of aromatic nitrogens is 2. The summed E-state index contributed by atoms with van der Waals surface area (Å²) in [6.07, 6.45) is -3.81. The fourth-order valence-corrected chi connectivity index (χ4v) is 2.52. The van der Waals surface area contributed by atoms with E-state index in [1.165, 1.54) is 10.7 Å². The van der Waals surface area contributed by atoms with Crippen LogP contribution >= 0.6 is 15.9 Å². The van der Waals surface area contributed by atoms with Crippen LogP contribution in [0.3, 0.4) is 0 Å². The van der Waals surface area contributed by atoms with Crippen molar-refractivity contribution in [3.8, 4) is 11.3 Å². The molecule has 2 aromatic rings. The van der Waals surface area contributed by atoms with E-state index in [1.54, 1.807) is 13.1 Å². The highest BCUT2D eigenvalue weighted by Crippen LogP contribution is 2.38. The first-order valence-electron chi connectivity index (χ1n) is 5.94. The summed E-state index contributed by atoms with van der Waals surface area (Å²) in [5, 5.41) is 4.21. The molecule has 7 heteroatoms. The summed E-state index contributed by atoms with van der Waals surface area (Å²) in [7, 11) is 1.67. The minimum absolute atomic E-state index is 0.00991. The zero-order chi connectivity index (χ0) is 15.1. The van der Waals surface area contributed by atoms with Gasteiger partial charge in [0.15, 0.2) is 0 Å². The third-order valence-corrected chi connectivity index (χ3v) is 3.78. The van der Waals surface area contributed by atoms with E-state index in [9.17, 15) is 13.2 Å². The largest absolute Gasteiger partial charge is 0.417 e. The van der Waals surface area contributed by atoms with Gasteiger partial charge in [-0.05, 0) is 18.6 Å². The van der Waals surface area contributed by atoms with Crippen LogP contribution in [0.2, 0.25) is 0 Å². The summed E-state index contributed by atoms with van der Waals surface area (Å²) in [5.41, 5.74) is 6.80. The van der Waals surface area contributed by atoms with Crippen LogP contribution in [0.1, 0.15) is 18.1 Å². The van der Waals surface area contributed by atoms with Crippen molar-refractivity contribution in [1.82, 2.24) is 9.78 Å². The van der Waals surface area contributed by atoms with Crippen molar-refractivity contribution in [2.24, 2.45) is 7.05 Å². The Hall–Kier alpha value is -1.50. The second-order valence-corrected chi connectivity index (χ2v) is 5.24. The van der Waals surface area contributed by atoms with E-state index in [0.29, 0.717) is 23.5 Å². The Balaban J connectivity index is 2.63. The van der Waals surface area contributed by atoms with Crippen LogP contribution in [-0.4, -0.2) is 9.78 Å². The Bertz CT molecular complexity index is 647. The lowest BCUT2D eigenvalue weighted by atomic mass is 10.0. The first-order chi connectivity index (χ1) is 9.25. The average Bonchev–Trinajstić information content (AvgIpc) is 2.64. The van der Waals surface area contributed by atoms with Gasteiger partial charge in [0.05, 0.1) is 11.3 Å².